The zero-order chi connectivity index (χ0) is 29.4. The van der Waals surface area contributed by atoms with Gasteiger partial charge < -0.3 is 19.7 Å². The van der Waals surface area contributed by atoms with Crippen LogP contribution in [0.25, 0.3) is 11.1 Å². The number of hydrogen-bond donors (Lipinski definition) is 1. The maximum Gasteiger partial charge on any atom is 0.164 e. The molecule has 0 spiro atoms. The van der Waals surface area contributed by atoms with Crippen molar-refractivity contribution in [3.63, 3.8) is 0 Å². The van der Waals surface area contributed by atoms with Gasteiger partial charge in [0.25, 0.3) is 0 Å². The van der Waals surface area contributed by atoms with Crippen LogP contribution in [0.3, 0.4) is 0 Å². The van der Waals surface area contributed by atoms with Crippen molar-refractivity contribution in [3.8, 4) is 16.9 Å². The molecule has 1 atom stereocenters. The third kappa shape index (κ3) is 5.47. The van der Waals surface area contributed by atoms with E-state index in [1.807, 2.05) is 31.6 Å². The van der Waals surface area contributed by atoms with Crippen molar-refractivity contribution in [2.45, 2.75) is 31.9 Å². The second-order valence-corrected chi connectivity index (χ2v) is 11.0. The number of nitrogens with one attached hydrogen (secondary N) is 1. The first-order valence-electron chi connectivity index (χ1n) is 13.8. The van der Waals surface area contributed by atoms with Gasteiger partial charge in [-0.2, -0.15) is 5.10 Å². The number of ether oxygens (including phenoxy) is 2. The topological polar surface area (TPSA) is 89.8 Å². The highest BCUT2D eigenvalue weighted by atomic mass is 19.2. The van der Waals surface area contributed by atoms with Crippen molar-refractivity contribution in [1.29, 1.82) is 0 Å². The van der Waals surface area contributed by atoms with E-state index in [9.17, 15) is 8.78 Å². The van der Waals surface area contributed by atoms with Gasteiger partial charge in [-0.05, 0) is 26.0 Å². The van der Waals surface area contributed by atoms with Gasteiger partial charge in [0, 0.05) is 67.3 Å². The van der Waals surface area contributed by atoms with Crippen molar-refractivity contribution in [2.75, 3.05) is 48.7 Å². The van der Waals surface area contributed by atoms with Crippen molar-refractivity contribution in [2.24, 2.45) is 7.05 Å². The standard InChI is InChI=1S/C30H33F2N7O3/c1-30(2)17-38(9-11-41-30)25-13-26(40-4)23(12-21(25)19-15-35-37(3)16-19)36-27-14-28(34-18-33-27)39-24(8-10-42-39)20-6-5-7-22(31)29(20)32/h5-7,12-16,18,24H,8-11,17H2,1-4H3,(H,33,34,36)/t24-/m1/s1. The average Bonchev–Trinajstić information content (AvgIpc) is 3.63. The molecule has 2 aromatic heterocycles. The Kier molecular flexibility index (Phi) is 7.42. The van der Waals surface area contributed by atoms with Crippen LogP contribution in [-0.4, -0.2) is 58.8 Å². The van der Waals surface area contributed by atoms with Gasteiger partial charge >= 0.3 is 0 Å². The van der Waals surface area contributed by atoms with Gasteiger partial charge in [-0.15, -0.1) is 0 Å². The van der Waals surface area contributed by atoms with Gasteiger partial charge in [0.2, 0.25) is 0 Å². The minimum Gasteiger partial charge on any atom is -0.494 e. The molecule has 4 aromatic rings. The molecule has 6 rings (SSSR count). The summed E-state index contributed by atoms with van der Waals surface area (Å²) in [6, 6.07) is 9.36. The molecule has 4 heterocycles. The Labute approximate surface area is 242 Å². The fraction of sp³-hybridized carbons (Fsp3) is 0.367. The van der Waals surface area contributed by atoms with Crippen molar-refractivity contribution in [3.05, 3.63) is 72.3 Å². The lowest BCUT2D eigenvalue weighted by Gasteiger charge is -2.40. The molecule has 0 aliphatic carbocycles. The first kappa shape index (κ1) is 27.9. The monoisotopic (exact) mass is 577 g/mol. The summed E-state index contributed by atoms with van der Waals surface area (Å²) in [7, 11) is 3.51. The molecule has 2 fully saturated rings. The van der Waals surface area contributed by atoms with Crippen molar-refractivity contribution >= 4 is 23.0 Å². The predicted molar refractivity (Wildman–Crippen MR) is 155 cm³/mol. The third-order valence-electron chi connectivity index (χ3n) is 7.49. The lowest BCUT2D eigenvalue weighted by atomic mass is 10.0. The Morgan fingerprint density at radius 3 is 2.74 bits per heavy atom. The van der Waals surface area contributed by atoms with Crippen molar-refractivity contribution in [1.82, 2.24) is 19.7 Å². The molecule has 0 radical (unpaired) electrons. The van der Waals surface area contributed by atoms with Crippen LogP contribution in [0.15, 0.2) is 55.1 Å². The number of nitrogens with zero attached hydrogens (tertiary/aromatic N) is 6. The van der Waals surface area contributed by atoms with Crippen LogP contribution in [0.2, 0.25) is 0 Å². The summed E-state index contributed by atoms with van der Waals surface area (Å²) >= 11 is 0. The summed E-state index contributed by atoms with van der Waals surface area (Å²) in [5.74, 6) is -0.270. The van der Waals surface area contributed by atoms with E-state index in [1.54, 1.807) is 23.9 Å². The smallest absolute Gasteiger partial charge is 0.164 e. The molecule has 12 heteroatoms. The van der Waals surface area contributed by atoms with Gasteiger partial charge in [0.15, 0.2) is 17.5 Å². The van der Waals surface area contributed by atoms with Crippen LogP contribution in [0.4, 0.5) is 31.8 Å². The molecule has 2 aliphatic heterocycles. The zero-order valence-electron chi connectivity index (χ0n) is 24.0. The first-order valence-corrected chi connectivity index (χ1v) is 13.8. The van der Waals surface area contributed by atoms with Crippen LogP contribution in [0.5, 0.6) is 5.75 Å². The number of rotatable bonds is 7. The highest BCUT2D eigenvalue weighted by Gasteiger charge is 2.33. The molecule has 0 bridgehead atoms. The number of methoxy groups -OCH3 is 1. The summed E-state index contributed by atoms with van der Waals surface area (Å²) < 4.78 is 42.2. The Balaban J connectivity index is 1.35. The molecular formula is C30H33F2N7O3. The zero-order valence-corrected chi connectivity index (χ0v) is 24.0. The number of halogens is 2. The molecule has 10 nitrogen and oxygen atoms in total. The fourth-order valence-corrected chi connectivity index (χ4v) is 5.54. The maximum absolute atomic E-state index is 14.6. The second-order valence-electron chi connectivity index (χ2n) is 11.0. The maximum atomic E-state index is 14.6. The molecule has 220 valence electrons. The van der Waals surface area contributed by atoms with Gasteiger partial charge in [-0.3, -0.25) is 9.52 Å². The second kappa shape index (κ2) is 11.2. The molecule has 0 saturated carbocycles. The number of aryl methyl sites for hydroxylation is 1. The number of hydroxylamine groups is 1. The summed E-state index contributed by atoms with van der Waals surface area (Å²) in [6.45, 7) is 6.58. The van der Waals surface area contributed by atoms with Gasteiger partial charge in [-0.1, -0.05) is 12.1 Å². The predicted octanol–water partition coefficient (Wildman–Crippen LogP) is 5.41. The molecular weight excluding hydrogens is 544 g/mol. The highest BCUT2D eigenvalue weighted by molar-refractivity contribution is 5.85. The van der Waals surface area contributed by atoms with E-state index in [2.05, 4.69) is 39.1 Å². The van der Waals surface area contributed by atoms with E-state index in [1.165, 1.54) is 17.5 Å². The quantitative estimate of drug-likeness (QED) is 0.310. The van der Waals surface area contributed by atoms with Crippen LogP contribution in [0, 0.1) is 11.6 Å². The van der Waals surface area contributed by atoms with Crippen LogP contribution >= 0.6 is 0 Å². The number of morpholine rings is 1. The van der Waals surface area contributed by atoms with E-state index in [0.29, 0.717) is 49.3 Å². The fourth-order valence-electron chi connectivity index (χ4n) is 5.54. The Hall–Kier alpha value is -4.29. The SMILES string of the molecule is COc1cc(N2CCOC(C)(C)C2)c(-c2cnn(C)c2)cc1Nc1cc(N2OCC[C@@H]2c2cccc(F)c2F)ncn1. The van der Waals surface area contributed by atoms with Crippen LogP contribution in [0.1, 0.15) is 31.9 Å². The molecule has 0 unspecified atom stereocenters. The van der Waals surface area contributed by atoms with E-state index in [4.69, 9.17) is 14.3 Å². The highest BCUT2D eigenvalue weighted by Crippen LogP contribution is 2.42. The molecule has 42 heavy (non-hydrogen) atoms. The van der Waals surface area contributed by atoms with Crippen LogP contribution in [-0.2, 0) is 16.6 Å². The first-order chi connectivity index (χ1) is 20.2. The van der Waals surface area contributed by atoms with Crippen LogP contribution < -0.4 is 20.0 Å². The van der Waals surface area contributed by atoms with E-state index < -0.39 is 17.7 Å². The summed E-state index contributed by atoms with van der Waals surface area (Å²) in [5, 5.41) is 9.26. The van der Waals surface area contributed by atoms with Gasteiger partial charge in [0.05, 0.1) is 43.9 Å². The van der Waals surface area contributed by atoms with E-state index >= 15 is 0 Å². The normalized spacial score (nSPS) is 18.4. The number of benzene rings is 2. The Morgan fingerprint density at radius 1 is 1.12 bits per heavy atom. The Morgan fingerprint density at radius 2 is 1.98 bits per heavy atom. The lowest BCUT2D eigenvalue weighted by Crippen LogP contribution is -2.48. The molecule has 1 N–H and O–H groups in total. The Bertz CT molecular complexity index is 1600. The molecule has 2 saturated heterocycles. The third-order valence-corrected chi connectivity index (χ3v) is 7.49. The molecule has 2 aliphatic rings. The minimum atomic E-state index is -0.898. The number of hydrogen-bond acceptors (Lipinski definition) is 9. The lowest BCUT2D eigenvalue weighted by molar-refractivity contribution is -0.0276. The molecule has 2 aromatic carbocycles. The average molecular weight is 578 g/mol. The number of anilines is 4. The number of aromatic nitrogens is 4. The van der Waals surface area contributed by atoms with E-state index in [-0.39, 0.29) is 11.2 Å². The molecule has 0 amide bonds. The summed E-state index contributed by atoms with van der Waals surface area (Å²) in [5.41, 5.74) is 3.54. The van der Waals surface area contributed by atoms with Gasteiger partial charge in [0.1, 0.15) is 17.9 Å². The minimum absolute atomic E-state index is 0.213. The largest absolute Gasteiger partial charge is 0.494 e. The van der Waals surface area contributed by atoms with Gasteiger partial charge in [-0.25, -0.2) is 23.8 Å². The summed E-state index contributed by atoms with van der Waals surface area (Å²) in [6.07, 6.45) is 5.69. The van der Waals surface area contributed by atoms with Crippen molar-refractivity contribution < 1.29 is 23.1 Å². The summed E-state index contributed by atoms with van der Waals surface area (Å²) in [4.78, 5) is 16.9. The van der Waals surface area contributed by atoms with E-state index in [0.717, 1.165) is 29.4 Å².